The number of hydrogen-bond donors (Lipinski definition) is 1. The Balaban J connectivity index is 2.41. The van der Waals surface area contributed by atoms with Crippen molar-refractivity contribution in [2.45, 2.75) is 6.42 Å². The predicted molar refractivity (Wildman–Crippen MR) is 66.1 cm³/mol. The molecule has 5 heteroatoms. The largest absolute Gasteiger partial charge is 0.481 e. The van der Waals surface area contributed by atoms with Crippen molar-refractivity contribution >= 4 is 28.6 Å². The molecule has 0 aromatic heterocycles. The quantitative estimate of drug-likeness (QED) is 0.820. The van der Waals surface area contributed by atoms with Gasteiger partial charge < -0.3 is 5.11 Å². The van der Waals surface area contributed by atoms with Crippen molar-refractivity contribution in [3.63, 3.8) is 0 Å². The minimum absolute atomic E-state index is 0.131. The van der Waals surface area contributed by atoms with Crippen LogP contribution < -0.4 is 5.32 Å². The van der Waals surface area contributed by atoms with Gasteiger partial charge in [-0.05, 0) is 22.4 Å². The van der Waals surface area contributed by atoms with Crippen LogP contribution in [0.15, 0.2) is 30.3 Å². The third kappa shape index (κ3) is 1.67. The van der Waals surface area contributed by atoms with E-state index in [-0.39, 0.29) is 17.5 Å². The van der Waals surface area contributed by atoms with Gasteiger partial charge in [-0.3, -0.25) is 14.4 Å². The first-order valence-electron chi connectivity index (χ1n) is 5.65. The van der Waals surface area contributed by atoms with Crippen LogP contribution in [-0.2, 0) is 11.2 Å². The Morgan fingerprint density at radius 3 is 2.63 bits per heavy atom. The summed E-state index contributed by atoms with van der Waals surface area (Å²) in [7, 11) is 0. The van der Waals surface area contributed by atoms with Crippen LogP contribution in [0.3, 0.4) is 0 Å². The number of nitrogens with zero attached hydrogens (tertiary/aromatic N) is 1. The molecule has 0 saturated carbocycles. The van der Waals surface area contributed by atoms with Crippen molar-refractivity contribution < 1.29 is 19.5 Å². The minimum Gasteiger partial charge on any atom is -0.481 e. The molecule has 0 aliphatic carbocycles. The zero-order chi connectivity index (χ0) is 13.6. The molecule has 2 aromatic carbocycles. The summed E-state index contributed by atoms with van der Waals surface area (Å²) in [5, 5.41) is 13.8. The lowest BCUT2D eigenvalue weighted by Gasteiger charge is -2.08. The number of carboxylic acids is 1. The molecule has 0 unspecified atom stereocenters. The fourth-order valence-corrected chi connectivity index (χ4v) is 2.38. The molecule has 0 atom stereocenters. The highest BCUT2D eigenvalue weighted by Crippen LogP contribution is 2.30. The van der Waals surface area contributed by atoms with Crippen LogP contribution in [0.25, 0.3) is 10.8 Å². The lowest BCUT2D eigenvalue weighted by Crippen LogP contribution is -2.12. The van der Waals surface area contributed by atoms with Gasteiger partial charge in [-0.15, -0.1) is 0 Å². The van der Waals surface area contributed by atoms with Crippen molar-refractivity contribution in [2.24, 2.45) is 0 Å². The molecule has 2 amide bonds. The molecule has 3 rings (SSSR count). The van der Waals surface area contributed by atoms with Gasteiger partial charge in [0.2, 0.25) is 0 Å². The maximum Gasteiger partial charge on any atom is 0.307 e. The van der Waals surface area contributed by atoms with Crippen LogP contribution in [0.2, 0.25) is 0 Å². The van der Waals surface area contributed by atoms with E-state index in [9.17, 15) is 14.4 Å². The molecule has 1 radical (unpaired) electrons. The summed E-state index contributed by atoms with van der Waals surface area (Å²) >= 11 is 0. The molecule has 2 aromatic rings. The Labute approximate surface area is 107 Å². The van der Waals surface area contributed by atoms with Gasteiger partial charge >= 0.3 is 5.97 Å². The van der Waals surface area contributed by atoms with Gasteiger partial charge in [0.1, 0.15) is 0 Å². The third-order valence-corrected chi connectivity index (χ3v) is 3.13. The summed E-state index contributed by atoms with van der Waals surface area (Å²) < 4.78 is 0. The summed E-state index contributed by atoms with van der Waals surface area (Å²) in [6.07, 6.45) is -0.307. The maximum absolute atomic E-state index is 11.7. The highest BCUT2D eigenvalue weighted by Gasteiger charge is 2.33. The van der Waals surface area contributed by atoms with Crippen LogP contribution in [0, 0.1) is 0 Å². The molecule has 0 spiro atoms. The predicted octanol–water partition coefficient (Wildman–Crippen LogP) is 1.37. The van der Waals surface area contributed by atoms with E-state index in [1.807, 2.05) is 0 Å². The number of imide groups is 1. The van der Waals surface area contributed by atoms with Crippen LogP contribution in [0.1, 0.15) is 26.3 Å². The Morgan fingerprint density at radius 1 is 1.16 bits per heavy atom. The molecule has 0 fully saturated rings. The van der Waals surface area contributed by atoms with Gasteiger partial charge in [0.25, 0.3) is 11.8 Å². The van der Waals surface area contributed by atoms with Crippen LogP contribution in [0.5, 0.6) is 0 Å². The van der Waals surface area contributed by atoms with E-state index in [1.165, 1.54) is 0 Å². The highest BCUT2D eigenvalue weighted by molar-refractivity contribution is 6.24. The van der Waals surface area contributed by atoms with Gasteiger partial charge in [-0.1, -0.05) is 24.3 Å². The molecule has 1 aliphatic rings. The molecular weight excluding hydrogens is 246 g/mol. The Hall–Kier alpha value is -2.69. The second kappa shape index (κ2) is 3.91. The normalized spacial score (nSPS) is 13.5. The average molecular weight is 254 g/mol. The maximum atomic E-state index is 11.7. The van der Waals surface area contributed by atoms with E-state index in [2.05, 4.69) is 5.32 Å². The molecule has 0 bridgehead atoms. The topological polar surface area (TPSA) is 85.5 Å². The van der Waals surface area contributed by atoms with Crippen molar-refractivity contribution in [3.8, 4) is 0 Å². The lowest BCUT2D eigenvalue weighted by molar-refractivity contribution is -0.136. The van der Waals surface area contributed by atoms with E-state index in [4.69, 9.17) is 5.11 Å². The van der Waals surface area contributed by atoms with E-state index in [1.54, 1.807) is 30.3 Å². The Kier molecular flexibility index (Phi) is 2.35. The molecule has 0 saturated heterocycles. The van der Waals surface area contributed by atoms with Crippen molar-refractivity contribution in [2.75, 3.05) is 0 Å². The zero-order valence-corrected chi connectivity index (χ0v) is 9.71. The SMILES string of the molecule is O=C(O)Cc1c2c(cc3ccccc13)C(=O)[N]C2=O. The van der Waals surface area contributed by atoms with Gasteiger partial charge in [0.15, 0.2) is 0 Å². The monoisotopic (exact) mass is 254 g/mol. The van der Waals surface area contributed by atoms with E-state index < -0.39 is 17.8 Å². The van der Waals surface area contributed by atoms with Crippen molar-refractivity contribution in [3.05, 3.63) is 47.0 Å². The summed E-state index contributed by atoms with van der Waals surface area (Å²) in [5.41, 5.74) is 0.686. The lowest BCUT2D eigenvalue weighted by atomic mass is 9.93. The summed E-state index contributed by atoms with van der Waals surface area (Å²) in [4.78, 5) is 34.3. The molecule has 1 heterocycles. The first-order chi connectivity index (χ1) is 9.08. The second-order valence-corrected chi connectivity index (χ2v) is 4.29. The van der Waals surface area contributed by atoms with Crippen molar-refractivity contribution in [1.29, 1.82) is 0 Å². The fourth-order valence-electron chi connectivity index (χ4n) is 2.38. The van der Waals surface area contributed by atoms with Gasteiger partial charge in [-0.25, -0.2) is 0 Å². The third-order valence-electron chi connectivity index (χ3n) is 3.13. The first-order valence-corrected chi connectivity index (χ1v) is 5.65. The van der Waals surface area contributed by atoms with Crippen LogP contribution >= 0.6 is 0 Å². The van der Waals surface area contributed by atoms with Gasteiger partial charge in [0.05, 0.1) is 17.5 Å². The summed E-state index contributed by atoms with van der Waals surface area (Å²) in [6.45, 7) is 0. The Bertz CT molecular complexity index is 748. The van der Waals surface area contributed by atoms with E-state index >= 15 is 0 Å². The molecule has 93 valence electrons. The zero-order valence-electron chi connectivity index (χ0n) is 9.71. The average Bonchev–Trinajstić information content (AvgIpc) is 2.64. The van der Waals surface area contributed by atoms with E-state index in [0.717, 1.165) is 5.39 Å². The number of aliphatic carboxylic acids is 1. The smallest absolute Gasteiger partial charge is 0.307 e. The number of fused-ring (bicyclic) bond motifs is 2. The number of rotatable bonds is 2. The first kappa shape index (κ1) is 11.4. The summed E-state index contributed by atoms with van der Waals surface area (Å²) in [6, 6.07) is 8.66. The Morgan fingerprint density at radius 2 is 1.89 bits per heavy atom. The van der Waals surface area contributed by atoms with E-state index in [0.29, 0.717) is 10.9 Å². The van der Waals surface area contributed by atoms with Crippen molar-refractivity contribution in [1.82, 2.24) is 5.32 Å². The molecular formula is C14H8NO4. The number of benzene rings is 2. The van der Waals surface area contributed by atoms with Crippen LogP contribution in [0.4, 0.5) is 0 Å². The highest BCUT2D eigenvalue weighted by atomic mass is 16.4. The van der Waals surface area contributed by atoms with Gasteiger partial charge in [-0.2, -0.15) is 5.32 Å². The number of amides is 2. The minimum atomic E-state index is -1.05. The molecule has 1 aliphatic heterocycles. The fraction of sp³-hybridized carbons (Fsp3) is 0.0714. The number of hydrogen-bond acceptors (Lipinski definition) is 3. The second-order valence-electron chi connectivity index (χ2n) is 4.29. The van der Waals surface area contributed by atoms with Gasteiger partial charge in [0, 0.05) is 0 Å². The molecule has 19 heavy (non-hydrogen) atoms. The molecule has 1 N–H and O–H groups in total. The number of carbonyl (C=O) groups excluding carboxylic acids is 2. The van der Waals surface area contributed by atoms with Crippen LogP contribution in [-0.4, -0.2) is 22.9 Å². The molecule has 5 nitrogen and oxygen atoms in total. The standard InChI is InChI=1S/C14H8NO4/c16-11(17)6-9-8-4-2-1-3-7(8)5-10-12(9)14(19)15-13(10)18/h1-5H,6H2,(H,16,17). The number of carboxylic acid groups (broad SMARTS) is 1. The summed E-state index contributed by atoms with van der Waals surface area (Å²) in [5.74, 6) is -2.30. The number of carbonyl (C=O) groups is 3.